The second-order valence-electron chi connectivity index (χ2n) is 6.71. The first-order valence-corrected chi connectivity index (χ1v) is 8.58. The van der Waals surface area contributed by atoms with E-state index in [0.29, 0.717) is 43.9 Å². The summed E-state index contributed by atoms with van der Waals surface area (Å²) in [4.78, 5) is 28.1. The maximum absolute atomic E-state index is 13.6. The van der Waals surface area contributed by atoms with E-state index < -0.39 is 0 Å². The molecule has 0 unspecified atom stereocenters. The van der Waals surface area contributed by atoms with Gasteiger partial charge >= 0.3 is 0 Å². The molecule has 1 saturated carbocycles. The fraction of sp³-hybridized carbons (Fsp3) is 0.556. The number of nitrogens with zero attached hydrogens (tertiary/aromatic N) is 2. The van der Waals surface area contributed by atoms with Gasteiger partial charge in [0.15, 0.2) is 0 Å². The van der Waals surface area contributed by atoms with E-state index in [-0.39, 0.29) is 30.0 Å². The number of aryl methyl sites for hydroxylation is 1. The quantitative estimate of drug-likeness (QED) is 0.861. The zero-order chi connectivity index (χ0) is 17.1. The first kappa shape index (κ1) is 19.7. The Labute approximate surface area is 154 Å². The Bertz CT molecular complexity index is 629. The van der Waals surface area contributed by atoms with Crippen molar-refractivity contribution in [2.45, 2.75) is 19.8 Å². The van der Waals surface area contributed by atoms with Crippen LogP contribution in [-0.4, -0.2) is 60.9 Å². The minimum atomic E-state index is -0.364. The van der Waals surface area contributed by atoms with Crippen molar-refractivity contribution in [2.75, 3.05) is 39.3 Å². The molecule has 25 heavy (non-hydrogen) atoms. The second kappa shape index (κ2) is 8.63. The summed E-state index contributed by atoms with van der Waals surface area (Å²) >= 11 is 0. The Hall–Kier alpha value is -1.66. The summed E-state index contributed by atoms with van der Waals surface area (Å²) < 4.78 is 13.6. The van der Waals surface area contributed by atoms with Gasteiger partial charge in [0.2, 0.25) is 5.91 Å². The third kappa shape index (κ3) is 5.16. The van der Waals surface area contributed by atoms with Crippen molar-refractivity contribution >= 4 is 24.2 Å². The molecule has 2 aliphatic rings. The summed E-state index contributed by atoms with van der Waals surface area (Å²) in [6.45, 7) is 5.00. The molecular formula is C18H25ClFN3O2. The first-order chi connectivity index (χ1) is 11.5. The fourth-order valence-corrected chi connectivity index (χ4v) is 2.88. The minimum Gasteiger partial charge on any atom is -0.338 e. The van der Waals surface area contributed by atoms with Crippen molar-refractivity contribution in [3.63, 3.8) is 0 Å². The van der Waals surface area contributed by atoms with E-state index in [9.17, 15) is 14.0 Å². The van der Waals surface area contributed by atoms with E-state index in [1.807, 2.05) is 0 Å². The number of rotatable bonds is 5. The highest BCUT2D eigenvalue weighted by molar-refractivity contribution is 5.94. The number of nitrogens with one attached hydrogen (secondary N) is 1. The van der Waals surface area contributed by atoms with E-state index in [2.05, 4.69) is 5.32 Å². The van der Waals surface area contributed by atoms with E-state index in [1.54, 1.807) is 28.9 Å². The number of hydrogen-bond acceptors (Lipinski definition) is 3. The van der Waals surface area contributed by atoms with Crippen LogP contribution in [0.5, 0.6) is 0 Å². The zero-order valence-corrected chi connectivity index (χ0v) is 15.3. The maximum Gasteiger partial charge on any atom is 0.254 e. The smallest absolute Gasteiger partial charge is 0.254 e. The minimum absolute atomic E-state index is 0. The summed E-state index contributed by atoms with van der Waals surface area (Å²) in [6.07, 6.45) is 2.53. The lowest BCUT2D eigenvalue weighted by Crippen LogP contribution is -2.52. The molecule has 0 spiro atoms. The van der Waals surface area contributed by atoms with E-state index in [0.717, 1.165) is 12.5 Å². The molecule has 5 nitrogen and oxygen atoms in total. The summed E-state index contributed by atoms with van der Waals surface area (Å²) in [5.74, 6) is 0.301. The van der Waals surface area contributed by atoms with Gasteiger partial charge in [0.05, 0.1) is 6.54 Å². The van der Waals surface area contributed by atoms with Gasteiger partial charge in [-0.05, 0) is 49.9 Å². The van der Waals surface area contributed by atoms with Crippen molar-refractivity contribution < 1.29 is 14.0 Å². The number of halogens is 2. The number of hydrogen-bond donors (Lipinski definition) is 1. The van der Waals surface area contributed by atoms with Crippen LogP contribution in [-0.2, 0) is 4.79 Å². The molecule has 138 valence electrons. The molecule has 2 amide bonds. The van der Waals surface area contributed by atoms with Crippen LogP contribution in [0.25, 0.3) is 0 Å². The predicted molar refractivity (Wildman–Crippen MR) is 96.5 cm³/mol. The standard InChI is InChI=1S/C18H24FN3O2.ClH/c1-13-2-5-15(10-16(13)19)18(24)22-8-6-21(7-9-22)17(23)12-20-11-14-3-4-14;/h2,5,10,14,20H,3-4,6-9,11-12H2,1H3;1H. The number of benzene rings is 1. The molecule has 0 bridgehead atoms. The Morgan fingerprint density at radius 2 is 1.80 bits per heavy atom. The molecule has 0 radical (unpaired) electrons. The summed E-state index contributed by atoms with van der Waals surface area (Å²) in [6, 6.07) is 4.56. The lowest BCUT2D eigenvalue weighted by Gasteiger charge is -2.35. The highest BCUT2D eigenvalue weighted by Crippen LogP contribution is 2.27. The normalized spacial score (nSPS) is 17.2. The van der Waals surface area contributed by atoms with Crippen LogP contribution < -0.4 is 5.32 Å². The number of piperazine rings is 1. The van der Waals surface area contributed by atoms with Gasteiger partial charge in [0.25, 0.3) is 5.91 Å². The molecule has 1 aromatic rings. The van der Waals surface area contributed by atoms with Gasteiger partial charge in [-0.1, -0.05) is 6.07 Å². The van der Waals surface area contributed by atoms with Crippen LogP contribution in [0.3, 0.4) is 0 Å². The van der Waals surface area contributed by atoms with Crippen LogP contribution >= 0.6 is 12.4 Å². The van der Waals surface area contributed by atoms with Crippen LogP contribution in [0.4, 0.5) is 4.39 Å². The molecule has 0 aromatic heterocycles. The Balaban J connectivity index is 0.00000225. The number of carbonyl (C=O) groups excluding carboxylic acids is 2. The maximum atomic E-state index is 13.6. The van der Waals surface area contributed by atoms with Crippen molar-refractivity contribution in [1.82, 2.24) is 15.1 Å². The molecule has 2 fully saturated rings. The SMILES string of the molecule is Cc1ccc(C(=O)N2CCN(C(=O)CNCC3CC3)CC2)cc1F.Cl. The van der Waals surface area contributed by atoms with Crippen LogP contribution in [0, 0.1) is 18.7 Å². The Morgan fingerprint density at radius 3 is 2.40 bits per heavy atom. The highest BCUT2D eigenvalue weighted by Gasteiger charge is 2.26. The molecule has 1 heterocycles. The largest absolute Gasteiger partial charge is 0.338 e. The molecule has 1 N–H and O–H groups in total. The van der Waals surface area contributed by atoms with Gasteiger partial charge in [-0.15, -0.1) is 12.4 Å². The van der Waals surface area contributed by atoms with Crippen molar-refractivity contribution in [1.29, 1.82) is 0 Å². The summed E-state index contributed by atoms with van der Waals surface area (Å²) in [7, 11) is 0. The Kier molecular flexibility index (Phi) is 6.79. The molecular weight excluding hydrogens is 345 g/mol. The van der Waals surface area contributed by atoms with Gasteiger partial charge in [-0.3, -0.25) is 9.59 Å². The number of carbonyl (C=O) groups is 2. The molecule has 1 aliphatic heterocycles. The van der Waals surface area contributed by atoms with E-state index in [4.69, 9.17) is 0 Å². The van der Waals surface area contributed by atoms with Crippen molar-refractivity contribution in [3.05, 3.63) is 35.1 Å². The van der Waals surface area contributed by atoms with Crippen LogP contribution in [0.2, 0.25) is 0 Å². The predicted octanol–water partition coefficient (Wildman–Crippen LogP) is 1.84. The molecule has 0 atom stereocenters. The Morgan fingerprint density at radius 1 is 1.16 bits per heavy atom. The van der Waals surface area contributed by atoms with E-state index in [1.165, 1.54) is 18.9 Å². The summed E-state index contributed by atoms with van der Waals surface area (Å²) in [5.41, 5.74) is 0.893. The lowest BCUT2D eigenvalue weighted by molar-refractivity contribution is -0.131. The zero-order valence-electron chi connectivity index (χ0n) is 14.5. The van der Waals surface area contributed by atoms with Gasteiger partial charge in [-0.25, -0.2) is 4.39 Å². The van der Waals surface area contributed by atoms with Gasteiger partial charge in [-0.2, -0.15) is 0 Å². The van der Waals surface area contributed by atoms with Gasteiger partial charge < -0.3 is 15.1 Å². The van der Waals surface area contributed by atoms with Crippen LogP contribution in [0.1, 0.15) is 28.8 Å². The van der Waals surface area contributed by atoms with Crippen molar-refractivity contribution in [3.8, 4) is 0 Å². The van der Waals surface area contributed by atoms with E-state index >= 15 is 0 Å². The topological polar surface area (TPSA) is 52.7 Å². The van der Waals surface area contributed by atoms with Gasteiger partial charge in [0, 0.05) is 31.7 Å². The second-order valence-corrected chi connectivity index (χ2v) is 6.71. The average molecular weight is 370 g/mol. The monoisotopic (exact) mass is 369 g/mol. The summed E-state index contributed by atoms with van der Waals surface area (Å²) in [5, 5.41) is 3.20. The first-order valence-electron chi connectivity index (χ1n) is 8.58. The molecule has 7 heteroatoms. The molecule has 1 saturated heterocycles. The lowest BCUT2D eigenvalue weighted by atomic mass is 10.1. The average Bonchev–Trinajstić information content (AvgIpc) is 3.41. The molecule has 1 aliphatic carbocycles. The third-order valence-electron chi connectivity index (χ3n) is 4.74. The third-order valence-corrected chi connectivity index (χ3v) is 4.74. The molecule has 1 aromatic carbocycles. The molecule has 3 rings (SSSR count). The van der Waals surface area contributed by atoms with Gasteiger partial charge in [0.1, 0.15) is 5.82 Å². The van der Waals surface area contributed by atoms with Crippen LogP contribution in [0.15, 0.2) is 18.2 Å². The number of amides is 2. The highest BCUT2D eigenvalue weighted by atomic mass is 35.5. The van der Waals surface area contributed by atoms with Crippen molar-refractivity contribution in [2.24, 2.45) is 5.92 Å². The fourth-order valence-electron chi connectivity index (χ4n) is 2.88.